The summed E-state index contributed by atoms with van der Waals surface area (Å²) in [5.41, 5.74) is 3.20. The van der Waals surface area contributed by atoms with Crippen LogP contribution in [-0.4, -0.2) is 35.7 Å². The van der Waals surface area contributed by atoms with Crippen LogP contribution < -0.4 is 8.92 Å². The number of ketones is 1. The van der Waals surface area contributed by atoms with Crippen molar-refractivity contribution in [3.8, 4) is 0 Å². The summed E-state index contributed by atoms with van der Waals surface area (Å²) in [6, 6.07) is 21.6. The number of hydrogen-bond donors (Lipinski definition) is 0. The molecule has 0 heterocycles. The third-order valence-electron chi connectivity index (χ3n) is 9.33. The molecule has 0 spiro atoms. The van der Waals surface area contributed by atoms with Gasteiger partial charge in [0.15, 0.2) is 0 Å². The molecule has 190 valence electrons. The van der Waals surface area contributed by atoms with E-state index in [4.69, 9.17) is 0 Å². The van der Waals surface area contributed by atoms with Gasteiger partial charge in [-0.1, -0.05) is 0 Å². The van der Waals surface area contributed by atoms with Crippen LogP contribution in [0, 0.1) is 28.6 Å². The molecule has 4 atom stereocenters. The summed E-state index contributed by atoms with van der Waals surface area (Å²) in [5, 5.41) is 0. The molecule has 0 bridgehead atoms. The summed E-state index contributed by atoms with van der Waals surface area (Å²) in [6.45, 7) is 9.58. The minimum absolute atomic E-state index is 0.145. The van der Waals surface area contributed by atoms with Gasteiger partial charge in [-0.2, -0.15) is 0 Å². The Morgan fingerprint density at radius 2 is 1.53 bits per heavy atom. The van der Waals surface area contributed by atoms with Gasteiger partial charge in [-0.05, 0) is 0 Å². The molecule has 0 aromatic heterocycles. The van der Waals surface area contributed by atoms with E-state index >= 15 is 0 Å². The van der Waals surface area contributed by atoms with E-state index in [0.717, 1.165) is 12.8 Å². The van der Waals surface area contributed by atoms with Crippen LogP contribution in [0.3, 0.4) is 0 Å². The molecule has 1 fully saturated rings. The first kappa shape index (κ1) is 26.2. The van der Waals surface area contributed by atoms with E-state index in [2.05, 4.69) is 101 Å². The zero-order valence-corrected chi connectivity index (χ0v) is 25.6. The van der Waals surface area contributed by atoms with Gasteiger partial charge in [0.2, 0.25) is 0 Å². The molecule has 0 saturated heterocycles. The number of Topliss-reactive ketones (excluding diaryl/α,β-unsaturated/α-hetero) is 1. The number of fused-ring (bicyclic) bond motifs is 3. The van der Waals surface area contributed by atoms with Crippen molar-refractivity contribution in [1.29, 1.82) is 0 Å². The van der Waals surface area contributed by atoms with Gasteiger partial charge in [0.1, 0.15) is 0 Å². The summed E-state index contributed by atoms with van der Waals surface area (Å²) in [4.78, 5) is 14.7. The summed E-state index contributed by atoms with van der Waals surface area (Å²) < 4.78 is 2.85. The Balaban J connectivity index is 1.47. The van der Waals surface area contributed by atoms with Crippen molar-refractivity contribution >= 4 is 44.6 Å². The molecular weight excluding hydrogens is 570 g/mol. The van der Waals surface area contributed by atoms with Crippen LogP contribution in [-0.2, 0) is 4.79 Å². The second-order valence-corrected chi connectivity index (χ2v) is 18.3. The Kier molecular flexibility index (Phi) is 7.86. The number of hydrogen-bond acceptors (Lipinski definition) is 1. The van der Waals surface area contributed by atoms with Gasteiger partial charge < -0.3 is 0 Å². The van der Waals surface area contributed by atoms with Crippen LogP contribution in [0.15, 0.2) is 84.0 Å². The van der Waals surface area contributed by atoms with Crippen molar-refractivity contribution in [2.24, 2.45) is 28.6 Å². The first-order valence-corrected chi connectivity index (χ1v) is 17.4. The molecule has 2 aromatic carbocycles. The number of benzene rings is 2. The summed E-state index contributed by atoms with van der Waals surface area (Å²) in [6.07, 6.45) is 12.1. The molecule has 1 nitrogen and oxygen atoms in total. The minimum atomic E-state index is -0.227. The Morgan fingerprint density at radius 3 is 2.11 bits per heavy atom. The van der Waals surface area contributed by atoms with Crippen LogP contribution in [0.1, 0.15) is 66.2 Å². The molecule has 3 aliphatic carbocycles. The molecule has 3 heteroatoms. The normalized spacial score (nSPS) is 29.8. The molecule has 1 saturated carbocycles. The quantitative estimate of drug-likeness (QED) is 0.328. The van der Waals surface area contributed by atoms with Crippen molar-refractivity contribution in [3.63, 3.8) is 0 Å². The second kappa shape index (κ2) is 10.8. The predicted octanol–water partition coefficient (Wildman–Crippen LogP) is 6.50. The molecule has 5 rings (SSSR count). The fraction of sp³-hybridized carbons (Fsp3) is 0.485. The monoisotopic (exact) mass is 612 g/mol. The second-order valence-electron chi connectivity index (χ2n) is 11.8. The Bertz CT molecular complexity index is 1090. The van der Waals surface area contributed by atoms with E-state index in [-0.39, 0.29) is 44.5 Å². The maximum atomic E-state index is 14.7. The van der Waals surface area contributed by atoms with Gasteiger partial charge in [0.25, 0.3) is 0 Å². The summed E-state index contributed by atoms with van der Waals surface area (Å²) in [7, 11) is 0. The molecule has 3 aliphatic rings. The molecule has 0 N–H and O–H groups in total. The Hall–Kier alpha value is -1.37. The van der Waals surface area contributed by atoms with Crippen LogP contribution in [0.25, 0.3) is 0 Å². The van der Waals surface area contributed by atoms with Crippen LogP contribution >= 0.6 is 0 Å². The first-order chi connectivity index (χ1) is 17.3. The fourth-order valence-corrected chi connectivity index (χ4v) is 14.3. The predicted molar refractivity (Wildman–Crippen MR) is 154 cm³/mol. The topological polar surface area (TPSA) is 17.1 Å². The van der Waals surface area contributed by atoms with Crippen molar-refractivity contribution < 1.29 is 4.79 Å². The molecule has 36 heavy (non-hydrogen) atoms. The SMILES string of the molecule is CC(C)C1=CC2=CC[C@@H]3[C@](C)(CCC[C@@]3(C)C(=O)C([Se]c3ccccc3)[Se]c3ccccc3)[C@H]2CC1. The van der Waals surface area contributed by atoms with Gasteiger partial charge in [0, 0.05) is 0 Å². The van der Waals surface area contributed by atoms with Gasteiger partial charge in [-0.15, -0.1) is 0 Å². The Morgan fingerprint density at radius 1 is 0.917 bits per heavy atom. The Labute approximate surface area is 230 Å². The van der Waals surface area contributed by atoms with Gasteiger partial charge in [-0.3, -0.25) is 0 Å². The van der Waals surface area contributed by atoms with Crippen molar-refractivity contribution in [2.75, 3.05) is 0 Å². The zero-order chi connectivity index (χ0) is 25.3. The van der Waals surface area contributed by atoms with Crippen LogP contribution in [0.4, 0.5) is 0 Å². The molecule has 0 radical (unpaired) electrons. The third kappa shape index (κ3) is 5.02. The molecule has 2 aromatic rings. The summed E-state index contributed by atoms with van der Waals surface area (Å²) in [5.74, 6) is 2.27. The van der Waals surface area contributed by atoms with E-state index in [9.17, 15) is 4.79 Å². The number of carbonyl (C=O) groups is 1. The standard InChI is InChI=1S/C33H40OSe2/c1-23(2)24-16-18-28-25(22-24)17-19-29-32(28,3)20-11-21-33(29,4)30(34)31(35-26-12-7-5-8-13-26)36-27-14-9-6-10-15-27/h5-10,12-15,17,22-23,28-29,31H,11,16,18-21H2,1-4H3/t28-,29+,32+,33+/m0/s1. The molecular formula is C33H40OSe2. The number of carbonyl (C=O) groups excluding carboxylic acids is 1. The van der Waals surface area contributed by atoms with Gasteiger partial charge in [0.05, 0.1) is 0 Å². The number of rotatable bonds is 7. The van der Waals surface area contributed by atoms with Crippen molar-refractivity contribution in [1.82, 2.24) is 0 Å². The van der Waals surface area contributed by atoms with E-state index in [0.29, 0.717) is 23.5 Å². The summed E-state index contributed by atoms with van der Waals surface area (Å²) >= 11 is 0.306. The van der Waals surface area contributed by atoms with Gasteiger partial charge in [-0.25, -0.2) is 0 Å². The first-order valence-electron chi connectivity index (χ1n) is 13.7. The third-order valence-corrected chi connectivity index (χ3v) is 15.5. The van der Waals surface area contributed by atoms with Gasteiger partial charge >= 0.3 is 232 Å². The fourth-order valence-electron chi connectivity index (χ4n) is 7.29. The van der Waals surface area contributed by atoms with Crippen molar-refractivity contribution in [2.45, 2.75) is 69.9 Å². The van der Waals surface area contributed by atoms with E-state index in [1.807, 2.05) is 0 Å². The van der Waals surface area contributed by atoms with E-state index in [1.165, 1.54) is 34.6 Å². The van der Waals surface area contributed by atoms with E-state index < -0.39 is 0 Å². The average molecular weight is 611 g/mol. The molecule has 0 amide bonds. The molecule has 0 aliphatic heterocycles. The number of allylic oxidation sites excluding steroid dienone is 4. The van der Waals surface area contributed by atoms with Crippen molar-refractivity contribution in [3.05, 3.63) is 84.0 Å². The van der Waals surface area contributed by atoms with Crippen LogP contribution in [0.2, 0.25) is 3.71 Å². The maximum absolute atomic E-state index is 14.7. The van der Waals surface area contributed by atoms with E-state index in [1.54, 1.807) is 11.1 Å². The van der Waals surface area contributed by atoms with Crippen LogP contribution in [0.5, 0.6) is 0 Å². The molecule has 0 unspecified atom stereocenters. The average Bonchev–Trinajstić information content (AvgIpc) is 2.88. The zero-order valence-electron chi connectivity index (χ0n) is 22.2.